The standard InChI is InChI=1S/C22H18N2O3/c25-22(18-9-5-2-6-10-18)21-20(17-11-13-19(14-12-17)24(26)27)23(21)15-16-7-3-1-4-8-16/h1-14,20-21H,15H2/t20-,21+,23?/m1/s1. The summed E-state index contributed by atoms with van der Waals surface area (Å²) in [6.45, 7) is 0.658. The maximum Gasteiger partial charge on any atom is 0.269 e. The molecule has 0 N–H and O–H groups in total. The largest absolute Gasteiger partial charge is 0.292 e. The molecule has 3 aromatic carbocycles. The average molecular weight is 358 g/mol. The topological polar surface area (TPSA) is 63.2 Å². The second-order valence-electron chi connectivity index (χ2n) is 6.63. The van der Waals surface area contributed by atoms with Crippen LogP contribution >= 0.6 is 0 Å². The van der Waals surface area contributed by atoms with Gasteiger partial charge in [0.1, 0.15) is 0 Å². The zero-order valence-electron chi connectivity index (χ0n) is 14.6. The number of carbonyl (C=O) groups excluding carboxylic acids is 1. The minimum absolute atomic E-state index is 0.0555. The van der Waals surface area contributed by atoms with Crippen LogP contribution in [0.25, 0.3) is 0 Å². The van der Waals surface area contributed by atoms with Gasteiger partial charge in [-0.25, -0.2) is 0 Å². The molecule has 0 aromatic heterocycles. The quantitative estimate of drug-likeness (QED) is 0.283. The summed E-state index contributed by atoms with van der Waals surface area (Å²) in [5, 5.41) is 10.9. The zero-order valence-corrected chi connectivity index (χ0v) is 14.6. The van der Waals surface area contributed by atoms with Gasteiger partial charge in [-0.15, -0.1) is 0 Å². The van der Waals surface area contributed by atoms with Gasteiger partial charge in [-0.3, -0.25) is 19.8 Å². The van der Waals surface area contributed by atoms with Crippen molar-refractivity contribution < 1.29 is 9.72 Å². The van der Waals surface area contributed by atoms with Crippen LogP contribution < -0.4 is 0 Å². The first kappa shape index (κ1) is 17.1. The summed E-state index contributed by atoms with van der Waals surface area (Å²) in [5.74, 6) is 0.0786. The molecule has 1 unspecified atom stereocenters. The Balaban J connectivity index is 1.62. The molecule has 0 radical (unpaired) electrons. The first-order valence-corrected chi connectivity index (χ1v) is 8.78. The average Bonchev–Trinajstić information content (AvgIpc) is 3.42. The van der Waals surface area contributed by atoms with E-state index in [0.29, 0.717) is 12.1 Å². The number of nitro groups is 1. The van der Waals surface area contributed by atoms with E-state index in [1.165, 1.54) is 12.1 Å². The molecule has 5 heteroatoms. The van der Waals surface area contributed by atoms with Gasteiger partial charge in [-0.05, 0) is 11.1 Å². The molecule has 5 nitrogen and oxygen atoms in total. The third kappa shape index (κ3) is 3.50. The Hall–Kier alpha value is -3.31. The van der Waals surface area contributed by atoms with Crippen LogP contribution in [-0.2, 0) is 6.54 Å². The Morgan fingerprint density at radius 3 is 2.07 bits per heavy atom. The number of non-ortho nitro benzene ring substituents is 1. The van der Waals surface area contributed by atoms with E-state index in [4.69, 9.17) is 0 Å². The van der Waals surface area contributed by atoms with Gasteiger partial charge < -0.3 is 0 Å². The van der Waals surface area contributed by atoms with Crippen LogP contribution in [0.2, 0.25) is 0 Å². The summed E-state index contributed by atoms with van der Waals surface area (Å²) >= 11 is 0. The van der Waals surface area contributed by atoms with Gasteiger partial charge in [-0.1, -0.05) is 72.8 Å². The number of nitro benzene ring substituents is 1. The molecular weight excluding hydrogens is 340 g/mol. The molecule has 1 aliphatic heterocycles. The second-order valence-corrected chi connectivity index (χ2v) is 6.63. The van der Waals surface area contributed by atoms with E-state index in [1.807, 2.05) is 60.7 Å². The van der Waals surface area contributed by atoms with E-state index in [0.717, 1.165) is 11.1 Å². The van der Waals surface area contributed by atoms with Crippen LogP contribution in [-0.4, -0.2) is 21.6 Å². The molecule has 3 aromatic rings. The lowest BCUT2D eigenvalue weighted by atomic mass is 10.0. The van der Waals surface area contributed by atoms with E-state index in [-0.39, 0.29) is 23.6 Å². The highest BCUT2D eigenvalue weighted by Gasteiger charge is 2.52. The smallest absolute Gasteiger partial charge is 0.269 e. The molecule has 0 saturated carbocycles. The van der Waals surface area contributed by atoms with E-state index >= 15 is 0 Å². The monoisotopic (exact) mass is 358 g/mol. The first-order chi connectivity index (χ1) is 13.1. The lowest BCUT2D eigenvalue weighted by Crippen LogP contribution is -2.13. The Morgan fingerprint density at radius 1 is 0.889 bits per heavy atom. The summed E-state index contributed by atoms with van der Waals surface area (Å²) in [6, 6.07) is 25.4. The predicted octanol–water partition coefficient (Wildman–Crippen LogP) is 4.40. The van der Waals surface area contributed by atoms with Gasteiger partial charge >= 0.3 is 0 Å². The highest BCUT2D eigenvalue weighted by Crippen LogP contribution is 2.46. The van der Waals surface area contributed by atoms with Crippen molar-refractivity contribution in [1.82, 2.24) is 4.90 Å². The Bertz CT molecular complexity index is 956. The maximum absolute atomic E-state index is 13.0. The fraction of sp³-hybridized carbons (Fsp3) is 0.136. The molecule has 1 heterocycles. The summed E-state index contributed by atoms with van der Waals surface area (Å²) in [6.07, 6.45) is 0. The molecule has 0 bridgehead atoms. The van der Waals surface area contributed by atoms with Crippen LogP contribution in [0.15, 0.2) is 84.9 Å². The van der Waals surface area contributed by atoms with Gasteiger partial charge in [0.05, 0.1) is 17.0 Å². The van der Waals surface area contributed by atoms with Crippen LogP contribution in [0, 0.1) is 10.1 Å². The molecule has 134 valence electrons. The third-order valence-corrected chi connectivity index (χ3v) is 4.90. The van der Waals surface area contributed by atoms with E-state index in [1.54, 1.807) is 12.1 Å². The molecule has 0 aliphatic carbocycles. The number of hydrogen-bond donors (Lipinski definition) is 0. The minimum atomic E-state index is -0.412. The summed E-state index contributed by atoms with van der Waals surface area (Å²) in [7, 11) is 0. The van der Waals surface area contributed by atoms with Gasteiger partial charge in [0.25, 0.3) is 5.69 Å². The normalized spacial score (nSPS) is 20.8. The van der Waals surface area contributed by atoms with Crippen LogP contribution in [0.3, 0.4) is 0 Å². The van der Waals surface area contributed by atoms with Crippen molar-refractivity contribution in [1.29, 1.82) is 0 Å². The Morgan fingerprint density at radius 2 is 1.48 bits per heavy atom. The number of carbonyl (C=O) groups is 1. The highest BCUT2D eigenvalue weighted by atomic mass is 16.6. The number of Topliss-reactive ketones (excluding diaryl/α,β-unsaturated/α-hetero) is 1. The number of nitrogens with zero attached hydrogens (tertiary/aromatic N) is 2. The van der Waals surface area contributed by atoms with Gasteiger partial charge in [0.15, 0.2) is 5.78 Å². The predicted molar refractivity (Wildman–Crippen MR) is 102 cm³/mol. The van der Waals surface area contributed by atoms with Crippen molar-refractivity contribution in [3.63, 3.8) is 0 Å². The zero-order chi connectivity index (χ0) is 18.8. The lowest BCUT2D eigenvalue weighted by molar-refractivity contribution is -0.384. The number of rotatable bonds is 6. The molecule has 4 rings (SSSR count). The van der Waals surface area contributed by atoms with Crippen LogP contribution in [0.1, 0.15) is 27.5 Å². The summed E-state index contributed by atoms with van der Waals surface area (Å²) in [4.78, 5) is 25.6. The van der Waals surface area contributed by atoms with Crippen molar-refractivity contribution in [2.24, 2.45) is 0 Å². The van der Waals surface area contributed by atoms with Crippen molar-refractivity contribution in [2.75, 3.05) is 0 Å². The molecular formula is C22H18N2O3. The fourth-order valence-electron chi connectivity index (χ4n) is 3.50. The first-order valence-electron chi connectivity index (χ1n) is 8.78. The van der Waals surface area contributed by atoms with Crippen LogP contribution in [0.4, 0.5) is 5.69 Å². The second kappa shape index (κ2) is 7.13. The number of ketones is 1. The molecule has 0 spiro atoms. The number of benzene rings is 3. The minimum Gasteiger partial charge on any atom is -0.292 e. The lowest BCUT2D eigenvalue weighted by Gasteiger charge is -2.04. The van der Waals surface area contributed by atoms with Gasteiger partial charge in [0.2, 0.25) is 0 Å². The molecule has 1 fully saturated rings. The molecule has 27 heavy (non-hydrogen) atoms. The van der Waals surface area contributed by atoms with Crippen molar-refractivity contribution in [3.8, 4) is 0 Å². The Kier molecular flexibility index (Phi) is 4.52. The van der Waals surface area contributed by atoms with Crippen molar-refractivity contribution in [3.05, 3.63) is 112 Å². The SMILES string of the molecule is O=C(c1ccccc1)[C@@H]1[C@@H](c2ccc([N+](=O)[O-])cc2)N1Cc1ccccc1. The molecule has 0 amide bonds. The van der Waals surface area contributed by atoms with E-state index in [9.17, 15) is 14.9 Å². The van der Waals surface area contributed by atoms with Crippen LogP contribution in [0.5, 0.6) is 0 Å². The summed E-state index contributed by atoms with van der Waals surface area (Å²) < 4.78 is 0. The molecule has 1 aliphatic rings. The van der Waals surface area contributed by atoms with Gasteiger partial charge in [0, 0.05) is 24.2 Å². The maximum atomic E-state index is 13.0. The highest BCUT2D eigenvalue weighted by molar-refractivity contribution is 6.02. The van der Waals surface area contributed by atoms with Crippen molar-refractivity contribution >= 4 is 11.5 Å². The molecule has 1 saturated heterocycles. The third-order valence-electron chi connectivity index (χ3n) is 4.90. The Labute approximate surface area is 157 Å². The summed E-state index contributed by atoms with van der Waals surface area (Å²) in [5.41, 5.74) is 2.79. The van der Waals surface area contributed by atoms with E-state index in [2.05, 4.69) is 4.90 Å². The van der Waals surface area contributed by atoms with E-state index < -0.39 is 4.92 Å². The number of hydrogen-bond acceptors (Lipinski definition) is 4. The fourth-order valence-corrected chi connectivity index (χ4v) is 3.50. The van der Waals surface area contributed by atoms with Crippen molar-refractivity contribution in [2.45, 2.75) is 18.6 Å². The molecule has 3 atom stereocenters. The van der Waals surface area contributed by atoms with Gasteiger partial charge in [-0.2, -0.15) is 0 Å².